The molecule has 84 valence electrons. The molecule has 0 N–H and O–H groups in total. The second kappa shape index (κ2) is 6.95. The summed E-state index contributed by atoms with van der Waals surface area (Å²) in [7, 11) is 2.51. The van der Waals surface area contributed by atoms with Crippen LogP contribution in [0, 0.1) is 0 Å². The number of rotatable bonds is 6. The molecule has 0 bridgehead atoms. The Kier molecular flexibility index (Phi) is 5.85. The van der Waals surface area contributed by atoms with Crippen molar-refractivity contribution in [2.75, 3.05) is 14.2 Å². The quantitative estimate of drug-likeness (QED) is 0.693. The van der Waals surface area contributed by atoms with Crippen LogP contribution in [-0.4, -0.2) is 14.2 Å². The van der Waals surface area contributed by atoms with Crippen LogP contribution in [0.2, 0.25) is 0 Å². The van der Waals surface area contributed by atoms with E-state index in [2.05, 4.69) is 25.1 Å². The molecule has 0 saturated heterocycles. The van der Waals surface area contributed by atoms with Crippen molar-refractivity contribution in [2.24, 2.45) is 0 Å². The molecular weight excluding hydrogens is 207 g/mol. The Morgan fingerprint density at radius 1 is 1.13 bits per heavy atom. The summed E-state index contributed by atoms with van der Waals surface area (Å²) < 4.78 is 10.7. The van der Waals surface area contributed by atoms with Crippen molar-refractivity contribution in [3.05, 3.63) is 29.8 Å². The highest BCUT2D eigenvalue weighted by atomic mass is 31.2. The lowest BCUT2D eigenvalue weighted by Crippen LogP contribution is -2.10. The van der Waals surface area contributed by atoms with Crippen molar-refractivity contribution in [1.29, 1.82) is 0 Å². The fourth-order valence-corrected chi connectivity index (χ4v) is 2.71. The molecule has 1 rings (SSSR count). The van der Waals surface area contributed by atoms with E-state index in [0.29, 0.717) is 0 Å². The Morgan fingerprint density at radius 2 is 1.80 bits per heavy atom. The van der Waals surface area contributed by atoms with Crippen molar-refractivity contribution in [2.45, 2.75) is 26.2 Å². The van der Waals surface area contributed by atoms with Crippen molar-refractivity contribution in [3.63, 3.8) is 0 Å². The zero-order chi connectivity index (χ0) is 11.1. The Labute approximate surface area is 93.5 Å². The van der Waals surface area contributed by atoms with Gasteiger partial charge in [0.2, 0.25) is 8.38 Å². The van der Waals surface area contributed by atoms with Gasteiger partial charge in [-0.15, -0.1) is 0 Å². The molecule has 0 aromatic heterocycles. The molecule has 0 saturated carbocycles. The molecule has 3 heteroatoms. The van der Waals surface area contributed by atoms with Crippen LogP contribution in [-0.2, 0) is 15.5 Å². The minimum absolute atomic E-state index is 0.889. The smallest absolute Gasteiger partial charge is 0.204 e. The molecule has 0 spiro atoms. The third-order valence-corrected chi connectivity index (χ3v) is 3.81. The van der Waals surface area contributed by atoms with Gasteiger partial charge in [0.1, 0.15) is 0 Å². The van der Waals surface area contributed by atoms with E-state index in [1.807, 2.05) is 6.07 Å². The molecule has 1 aromatic carbocycles. The normalized spacial score (nSPS) is 10.9. The van der Waals surface area contributed by atoms with Gasteiger partial charge in [0.25, 0.3) is 0 Å². The van der Waals surface area contributed by atoms with Gasteiger partial charge in [0, 0.05) is 19.5 Å². The number of hydrogen-bond donors (Lipinski definition) is 0. The van der Waals surface area contributed by atoms with Gasteiger partial charge >= 0.3 is 0 Å². The molecule has 0 fully saturated rings. The van der Waals surface area contributed by atoms with Crippen LogP contribution in [0.5, 0.6) is 0 Å². The maximum absolute atomic E-state index is 5.35. The first kappa shape index (κ1) is 12.6. The van der Waals surface area contributed by atoms with Gasteiger partial charge in [0.05, 0.1) is 0 Å². The Bertz CT molecular complexity index is 285. The summed E-state index contributed by atoms with van der Waals surface area (Å²) in [4.78, 5) is 0. The monoisotopic (exact) mass is 226 g/mol. The molecule has 0 atom stereocenters. The van der Waals surface area contributed by atoms with Crippen LogP contribution < -0.4 is 5.30 Å². The van der Waals surface area contributed by atoms with E-state index in [4.69, 9.17) is 9.05 Å². The molecule has 15 heavy (non-hydrogen) atoms. The van der Waals surface area contributed by atoms with Gasteiger partial charge in [-0.25, -0.2) is 0 Å². The first-order chi connectivity index (χ1) is 7.33. The lowest BCUT2D eigenvalue weighted by Gasteiger charge is -2.16. The lowest BCUT2D eigenvalue weighted by molar-refractivity contribution is 0.350. The van der Waals surface area contributed by atoms with E-state index < -0.39 is 8.38 Å². The molecule has 0 amide bonds. The second-order valence-corrected chi connectivity index (χ2v) is 5.08. The highest BCUT2D eigenvalue weighted by Gasteiger charge is 2.13. The zero-order valence-corrected chi connectivity index (χ0v) is 10.6. The molecule has 1 aromatic rings. The van der Waals surface area contributed by atoms with Crippen molar-refractivity contribution >= 4 is 13.7 Å². The highest BCUT2D eigenvalue weighted by Crippen LogP contribution is 2.36. The Balaban J connectivity index is 2.84. The molecule has 0 aliphatic carbocycles. The number of benzene rings is 1. The van der Waals surface area contributed by atoms with Crippen LogP contribution in [0.3, 0.4) is 0 Å². The largest absolute Gasteiger partial charge is 0.334 e. The van der Waals surface area contributed by atoms with Gasteiger partial charge < -0.3 is 9.05 Å². The van der Waals surface area contributed by atoms with Crippen LogP contribution in [0.1, 0.15) is 25.3 Å². The molecule has 0 heterocycles. The average Bonchev–Trinajstić information content (AvgIpc) is 2.29. The summed E-state index contributed by atoms with van der Waals surface area (Å²) in [6.07, 6.45) is 3.54. The number of hydrogen-bond acceptors (Lipinski definition) is 2. The minimum atomic E-state index is -0.889. The van der Waals surface area contributed by atoms with Crippen LogP contribution in [0.15, 0.2) is 24.3 Å². The standard InChI is InChI=1S/C12H19O2P/c1-4-5-8-11-9-6-7-10-12(11)15(13-2)14-3/h6-7,9-10H,4-5,8H2,1-3H3. The van der Waals surface area contributed by atoms with Crippen LogP contribution in [0.25, 0.3) is 0 Å². The Hall–Kier alpha value is -0.430. The van der Waals surface area contributed by atoms with Gasteiger partial charge in [-0.2, -0.15) is 0 Å². The van der Waals surface area contributed by atoms with E-state index >= 15 is 0 Å². The third-order valence-electron chi connectivity index (χ3n) is 2.32. The van der Waals surface area contributed by atoms with Crippen molar-refractivity contribution < 1.29 is 9.05 Å². The highest BCUT2D eigenvalue weighted by molar-refractivity contribution is 7.56. The summed E-state index contributed by atoms with van der Waals surface area (Å²) >= 11 is 0. The molecule has 0 unspecified atom stereocenters. The van der Waals surface area contributed by atoms with Gasteiger partial charge in [-0.3, -0.25) is 0 Å². The predicted molar refractivity (Wildman–Crippen MR) is 65.6 cm³/mol. The van der Waals surface area contributed by atoms with Gasteiger partial charge in [0.15, 0.2) is 0 Å². The fraction of sp³-hybridized carbons (Fsp3) is 0.500. The maximum Gasteiger partial charge on any atom is 0.204 e. The SMILES string of the molecule is CCCCc1ccccc1P(OC)OC. The number of unbranched alkanes of at least 4 members (excludes halogenated alkanes) is 1. The first-order valence-corrected chi connectivity index (χ1v) is 6.47. The lowest BCUT2D eigenvalue weighted by atomic mass is 10.1. The molecule has 0 aliphatic rings. The van der Waals surface area contributed by atoms with Crippen molar-refractivity contribution in [1.82, 2.24) is 0 Å². The maximum atomic E-state index is 5.35. The summed E-state index contributed by atoms with van der Waals surface area (Å²) in [5, 5.41) is 1.21. The van der Waals surface area contributed by atoms with Crippen LogP contribution in [0.4, 0.5) is 0 Å². The van der Waals surface area contributed by atoms with Gasteiger partial charge in [-0.05, 0) is 24.5 Å². The van der Waals surface area contributed by atoms with Crippen LogP contribution >= 0.6 is 8.38 Å². The summed E-state index contributed by atoms with van der Waals surface area (Å²) in [5.41, 5.74) is 1.36. The zero-order valence-electron chi connectivity index (χ0n) is 9.69. The molecule has 0 aliphatic heterocycles. The molecular formula is C12H19O2P. The molecule has 0 radical (unpaired) electrons. The second-order valence-electron chi connectivity index (χ2n) is 3.35. The third kappa shape index (κ3) is 3.57. The summed E-state index contributed by atoms with van der Waals surface area (Å²) in [5.74, 6) is 0. The van der Waals surface area contributed by atoms with E-state index in [-0.39, 0.29) is 0 Å². The van der Waals surface area contributed by atoms with E-state index in [9.17, 15) is 0 Å². The topological polar surface area (TPSA) is 18.5 Å². The fourth-order valence-electron chi connectivity index (χ4n) is 1.54. The van der Waals surface area contributed by atoms with E-state index in [0.717, 1.165) is 6.42 Å². The summed E-state index contributed by atoms with van der Waals surface area (Å²) in [6.45, 7) is 2.21. The van der Waals surface area contributed by atoms with E-state index in [1.54, 1.807) is 14.2 Å². The van der Waals surface area contributed by atoms with E-state index in [1.165, 1.54) is 23.7 Å². The molecule has 2 nitrogen and oxygen atoms in total. The Morgan fingerprint density at radius 3 is 2.40 bits per heavy atom. The van der Waals surface area contributed by atoms with Gasteiger partial charge in [-0.1, -0.05) is 31.5 Å². The predicted octanol–water partition coefficient (Wildman–Crippen LogP) is 3.26. The average molecular weight is 226 g/mol. The summed E-state index contributed by atoms with van der Waals surface area (Å²) in [6, 6.07) is 8.38. The number of aryl methyl sites for hydroxylation is 1. The first-order valence-electron chi connectivity index (χ1n) is 5.29. The minimum Gasteiger partial charge on any atom is -0.334 e. The van der Waals surface area contributed by atoms with Crippen molar-refractivity contribution in [3.8, 4) is 0 Å².